The SMILES string of the molecule is C[C@H]1CCCN(I)C12CCC2. The van der Waals surface area contributed by atoms with Crippen molar-refractivity contribution in [3.05, 3.63) is 0 Å². The zero-order valence-electron chi connectivity index (χ0n) is 7.15. The van der Waals surface area contributed by atoms with Crippen LogP contribution in [0.4, 0.5) is 0 Å². The monoisotopic (exact) mass is 265 g/mol. The molecule has 1 nitrogen and oxygen atoms in total. The Labute approximate surface area is 83.0 Å². The molecule has 2 rings (SSSR count). The van der Waals surface area contributed by atoms with Crippen molar-refractivity contribution in [2.45, 2.75) is 44.6 Å². The Morgan fingerprint density at radius 3 is 2.45 bits per heavy atom. The highest BCUT2D eigenvalue weighted by molar-refractivity contribution is 14.1. The zero-order chi connectivity index (χ0) is 7.90. The topological polar surface area (TPSA) is 3.24 Å². The van der Waals surface area contributed by atoms with Crippen molar-refractivity contribution >= 4 is 22.9 Å². The van der Waals surface area contributed by atoms with Gasteiger partial charge in [0.15, 0.2) is 0 Å². The van der Waals surface area contributed by atoms with Gasteiger partial charge in [-0.2, -0.15) is 0 Å². The maximum absolute atomic E-state index is 2.59. The summed E-state index contributed by atoms with van der Waals surface area (Å²) in [5.74, 6) is 0.946. The molecule has 0 aromatic carbocycles. The largest absolute Gasteiger partial charge is 0.241 e. The van der Waals surface area contributed by atoms with Crippen molar-refractivity contribution in [2.24, 2.45) is 5.92 Å². The van der Waals surface area contributed by atoms with Gasteiger partial charge in [0.05, 0.1) is 0 Å². The van der Waals surface area contributed by atoms with Crippen LogP contribution in [0.2, 0.25) is 0 Å². The Hall–Kier alpha value is 0.690. The highest BCUT2D eigenvalue weighted by atomic mass is 127. The lowest BCUT2D eigenvalue weighted by atomic mass is 9.66. The third-order valence-corrected chi connectivity index (χ3v) is 5.05. The third kappa shape index (κ3) is 1.13. The molecule has 1 aliphatic heterocycles. The molecule has 0 aromatic heterocycles. The van der Waals surface area contributed by atoms with Crippen LogP contribution in [0.25, 0.3) is 0 Å². The van der Waals surface area contributed by atoms with Crippen LogP contribution in [0.3, 0.4) is 0 Å². The zero-order valence-corrected chi connectivity index (χ0v) is 9.30. The highest BCUT2D eigenvalue weighted by Crippen LogP contribution is 2.49. The van der Waals surface area contributed by atoms with Crippen LogP contribution >= 0.6 is 22.9 Å². The smallest absolute Gasteiger partial charge is 0.0330 e. The first kappa shape index (κ1) is 8.30. The fourth-order valence-electron chi connectivity index (χ4n) is 2.54. The van der Waals surface area contributed by atoms with Gasteiger partial charge in [-0.1, -0.05) is 6.92 Å². The molecule has 2 fully saturated rings. The normalized spacial score (nSPS) is 37.1. The molecule has 1 saturated heterocycles. The van der Waals surface area contributed by atoms with Crippen molar-refractivity contribution in [3.8, 4) is 0 Å². The quantitative estimate of drug-likeness (QED) is 0.480. The molecular weight excluding hydrogens is 249 g/mol. The van der Waals surface area contributed by atoms with E-state index in [1.54, 1.807) is 0 Å². The van der Waals surface area contributed by atoms with E-state index < -0.39 is 0 Å². The Balaban J connectivity index is 2.12. The first-order valence-corrected chi connectivity index (χ1v) is 5.66. The van der Waals surface area contributed by atoms with E-state index in [1.807, 2.05) is 0 Å². The molecule has 0 bridgehead atoms. The molecule has 0 N–H and O–H groups in total. The minimum absolute atomic E-state index is 0.638. The van der Waals surface area contributed by atoms with E-state index in [2.05, 4.69) is 32.9 Å². The van der Waals surface area contributed by atoms with E-state index in [-0.39, 0.29) is 0 Å². The van der Waals surface area contributed by atoms with E-state index in [0.29, 0.717) is 5.54 Å². The summed E-state index contributed by atoms with van der Waals surface area (Å²) in [6.45, 7) is 3.76. The van der Waals surface area contributed by atoms with Crippen LogP contribution in [0.5, 0.6) is 0 Å². The molecule has 1 saturated carbocycles. The van der Waals surface area contributed by atoms with Gasteiger partial charge in [0.25, 0.3) is 0 Å². The summed E-state index contributed by atoms with van der Waals surface area (Å²) in [6, 6.07) is 0. The van der Waals surface area contributed by atoms with Crippen LogP contribution in [-0.4, -0.2) is 15.2 Å². The van der Waals surface area contributed by atoms with Gasteiger partial charge in [0.2, 0.25) is 0 Å². The summed E-state index contributed by atoms with van der Waals surface area (Å²) in [5.41, 5.74) is 0.638. The molecule has 1 atom stereocenters. The summed E-state index contributed by atoms with van der Waals surface area (Å²) < 4.78 is 2.59. The highest BCUT2D eigenvalue weighted by Gasteiger charge is 2.47. The van der Waals surface area contributed by atoms with Gasteiger partial charge >= 0.3 is 0 Å². The Morgan fingerprint density at radius 1 is 1.36 bits per heavy atom. The minimum Gasteiger partial charge on any atom is -0.241 e. The summed E-state index contributed by atoms with van der Waals surface area (Å²) in [5, 5.41) is 0. The first-order chi connectivity index (χ1) is 5.26. The number of hydrogen-bond donors (Lipinski definition) is 0. The van der Waals surface area contributed by atoms with Gasteiger partial charge in [-0.25, -0.2) is 3.11 Å². The van der Waals surface area contributed by atoms with Gasteiger partial charge in [-0.15, -0.1) is 0 Å². The molecule has 0 amide bonds. The molecule has 0 aromatic rings. The molecule has 1 aliphatic carbocycles. The number of hydrogen-bond acceptors (Lipinski definition) is 1. The summed E-state index contributed by atoms with van der Waals surface area (Å²) in [7, 11) is 0. The van der Waals surface area contributed by atoms with Gasteiger partial charge in [-0.05, 0) is 38.0 Å². The van der Waals surface area contributed by atoms with Crippen molar-refractivity contribution < 1.29 is 0 Å². The summed E-state index contributed by atoms with van der Waals surface area (Å²) >= 11 is 2.54. The van der Waals surface area contributed by atoms with Crippen LogP contribution in [-0.2, 0) is 0 Å². The Kier molecular flexibility index (Phi) is 2.17. The fraction of sp³-hybridized carbons (Fsp3) is 1.00. The number of nitrogens with zero attached hydrogens (tertiary/aromatic N) is 1. The van der Waals surface area contributed by atoms with Crippen LogP contribution in [0.1, 0.15) is 39.0 Å². The minimum atomic E-state index is 0.638. The van der Waals surface area contributed by atoms with E-state index in [9.17, 15) is 0 Å². The van der Waals surface area contributed by atoms with Crippen molar-refractivity contribution in [3.63, 3.8) is 0 Å². The molecular formula is C9H16IN. The molecule has 2 aliphatic rings. The predicted molar refractivity (Wildman–Crippen MR) is 55.7 cm³/mol. The van der Waals surface area contributed by atoms with E-state index in [0.717, 1.165) is 5.92 Å². The molecule has 1 heterocycles. The lowest BCUT2D eigenvalue weighted by Gasteiger charge is -2.54. The van der Waals surface area contributed by atoms with Gasteiger partial charge < -0.3 is 0 Å². The standard InChI is InChI=1S/C9H16IN/c1-8-4-2-7-11(10)9(8)5-3-6-9/h8H,2-7H2,1H3/t8-/m0/s1. The maximum Gasteiger partial charge on any atom is 0.0330 e. The van der Waals surface area contributed by atoms with Crippen molar-refractivity contribution in [1.29, 1.82) is 0 Å². The number of piperidine rings is 1. The van der Waals surface area contributed by atoms with Crippen LogP contribution in [0, 0.1) is 5.92 Å². The van der Waals surface area contributed by atoms with Crippen molar-refractivity contribution in [2.75, 3.05) is 6.54 Å². The van der Waals surface area contributed by atoms with Gasteiger partial charge in [-0.3, -0.25) is 0 Å². The molecule has 64 valence electrons. The molecule has 0 unspecified atom stereocenters. The molecule has 11 heavy (non-hydrogen) atoms. The Bertz CT molecular complexity index is 142. The fourth-order valence-corrected chi connectivity index (χ4v) is 3.84. The van der Waals surface area contributed by atoms with Gasteiger partial charge in [0.1, 0.15) is 0 Å². The second-order valence-electron chi connectivity index (χ2n) is 4.09. The lowest BCUT2D eigenvalue weighted by Crippen LogP contribution is -2.56. The molecule has 0 radical (unpaired) electrons. The van der Waals surface area contributed by atoms with E-state index in [4.69, 9.17) is 0 Å². The maximum atomic E-state index is 2.59. The van der Waals surface area contributed by atoms with E-state index in [1.165, 1.54) is 38.6 Å². The Morgan fingerprint density at radius 2 is 2.09 bits per heavy atom. The lowest BCUT2D eigenvalue weighted by molar-refractivity contribution is 0.0209. The average molecular weight is 265 g/mol. The number of halogens is 1. The molecule has 1 spiro atoms. The second-order valence-corrected chi connectivity index (χ2v) is 5.25. The van der Waals surface area contributed by atoms with Crippen molar-refractivity contribution in [1.82, 2.24) is 3.11 Å². The second kappa shape index (κ2) is 2.87. The summed E-state index contributed by atoms with van der Waals surface area (Å²) in [4.78, 5) is 0. The number of rotatable bonds is 0. The molecule has 2 heteroatoms. The average Bonchev–Trinajstić information content (AvgIpc) is 1.83. The summed E-state index contributed by atoms with van der Waals surface area (Å²) in [6.07, 6.45) is 7.24. The third-order valence-electron chi connectivity index (χ3n) is 3.61. The van der Waals surface area contributed by atoms with Gasteiger partial charge in [0, 0.05) is 34.9 Å². The van der Waals surface area contributed by atoms with Crippen LogP contribution in [0.15, 0.2) is 0 Å². The predicted octanol–water partition coefficient (Wildman–Crippen LogP) is 2.99. The van der Waals surface area contributed by atoms with E-state index >= 15 is 0 Å². The van der Waals surface area contributed by atoms with Crippen LogP contribution < -0.4 is 0 Å². The first-order valence-electron chi connectivity index (χ1n) is 4.69.